The third kappa shape index (κ3) is 3.04. The zero-order valence-corrected chi connectivity index (χ0v) is 20.3. The zero-order valence-electron chi connectivity index (χ0n) is 19.5. The number of benzene rings is 5. The molecule has 2 aliphatic heterocycles. The Morgan fingerprint density at radius 1 is 0.553 bits per heavy atom. The second-order valence-corrected chi connectivity index (χ2v) is 9.28. The summed E-state index contributed by atoms with van der Waals surface area (Å²) in [7, 11) is -1.61. The van der Waals surface area contributed by atoms with E-state index in [2.05, 4.69) is 0 Å². The Kier molecular flexibility index (Phi) is 5.53. The van der Waals surface area contributed by atoms with E-state index in [1.54, 1.807) is 31.2 Å². The van der Waals surface area contributed by atoms with Crippen LogP contribution in [-0.2, 0) is 10.6 Å². The largest absolute Gasteiger partial charge is 0.425 e. The SMILES string of the molecule is C.CCN1C(=O)c2ccc3c4ccc5c6c(ccc(c7ccc(c2c37)C1=O)c64)C(=O)N(C)C5=O.O=S(=O)=O. The van der Waals surface area contributed by atoms with Crippen LogP contribution in [0.3, 0.4) is 0 Å². The maximum absolute atomic E-state index is 13.1. The maximum Gasteiger partial charge on any atom is 0.425 e. The van der Waals surface area contributed by atoms with Gasteiger partial charge in [-0.15, -0.1) is 12.6 Å². The lowest BCUT2D eigenvalue weighted by Crippen LogP contribution is -2.40. The molecule has 0 aliphatic carbocycles. The summed E-state index contributed by atoms with van der Waals surface area (Å²) >= 11 is 0. The van der Waals surface area contributed by atoms with E-state index in [4.69, 9.17) is 12.6 Å². The molecule has 0 atom stereocenters. The van der Waals surface area contributed by atoms with Crippen molar-refractivity contribution in [3.8, 4) is 0 Å². The van der Waals surface area contributed by atoms with Crippen LogP contribution in [0.25, 0.3) is 43.1 Å². The molecule has 0 aromatic heterocycles. The first kappa shape index (κ1) is 25.0. The van der Waals surface area contributed by atoms with E-state index in [9.17, 15) is 19.2 Å². The third-order valence-corrected chi connectivity index (χ3v) is 7.24. The molecule has 2 heterocycles. The van der Waals surface area contributed by atoms with Gasteiger partial charge in [0.1, 0.15) is 0 Å². The number of carbonyl (C=O) groups excluding carboxylic acids is 4. The molecular weight excluding hydrogens is 508 g/mol. The number of hydrogen-bond donors (Lipinski definition) is 0. The molecule has 0 saturated heterocycles. The summed E-state index contributed by atoms with van der Waals surface area (Å²) in [6.45, 7) is 2.10. The van der Waals surface area contributed by atoms with Gasteiger partial charge >= 0.3 is 10.6 Å². The first-order valence-electron chi connectivity index (χ1n) is 11.3. The van der Waals surface area contributed by atoms with Crippen molar-refractivity contribution in [2.75, 3.05) is 13.6 Å². The molecule has 190 valence electrons. The van der Waals surface area contributed by atoms with E-state index in [-0.39, 0.29) is 31.1 Å². The van der Waals surface area contributed by atoms with Gasteiger partial charge in [0.25, 0.3) is 23.6 Å². The van der Waals surface area contributed by atoms with Gasteiger partial charge in [0.05, 0.1) is 0 Å². The molecule has 4 amide bonds. The highest BCUT2D eigenvalue weighted by atomic mass is 32.2. The van der Waals surface area contributed by atoms with E-state index in [0.717, 1.165) is 37.2 Å². The average Bonchev–Trinajstić information content (AvgIpc) is 2.88. The van der Waals surface area contributed by atoms with Crippen molar-refractivity contribution >= 4 is 77.3 Å². The van der Waals surface area contributed by atoms with Crippen molar-refractivity contribution in [3.63, 3.8) is 0 Å². The van der Waals surface area contributed by atoms with Gasteiger partial charge in [-0.3, -0.25) is 29.0 Å². The quantitative estimate of drug-likeness (QED) is 0.181. The molecule has 0 spiro atoms. The van der Waals surface area contributed by atoms with Crippen LogP contribution in [0.2, 0.25) is 0 Å². The lowest BCUT2D eigenvalue weighted by Gasteiger charge is -2.28. The van der Waals surface area contributed by atoms with Crippen molar-refractivity contribution in [2.24, 2.45) is 0 Å². The van der Waals surface area contributed by atoms with Crippen LogP contribution in [0.15, 0.2) is 48.5 Å². The van der Waals surface area contributed by atoms with Gasteiger partial charge in [-0.25, -0.2) is 0 Å². The Labute approximate surface area is 217 Å². The molecule has 0 fully saturated rings. The van der Waals surface area contributed by atoms with Gasteiger partial charge in [-0.1, -0.05) is 31.7 Å². The van der Waals surface area contributed by atoms with Crippen molar-refractivity contribution in [1.82, 2.24) is 9.80 Å². The number of hydrogen-bond acceptors (Lipinski definition) is 7. The monoisotopic (exact) mass is 528 g/mol. The molecule has 0 saturated carbocycles. The van der Waals surface area contributed by atoms with Gasteiger partial charge < -0.3 is 0 Å². The lowest BCUT2D eigenvalue weighted by atomic mass is 9.82. The first-order valence-corrected chi connectivity index (χ1v) is 12.3. The van der Waals surface area contributed by atoms with Gasteiger partial charge in [0.2, 0.25) is 0 Å². The topological polar surface area (TPSA) is 126 Å². The summed E-state index contributed by atoms with van der Waals surface area (Å²) in [4.78, 5) is 54.3. The average molecular weight is 529 g/mol. The van der Waals surface area contributed by atoms with Gasteiger partial charge in [-0.05, 0) is 63.5 Å². The summed E-state index contributed by atoms with van der Waals surface area (Å²) in [5, 5.41) is 6.64. The Morgan fingerprint density at radius 2 is 0.842 bits per heavy atom. The third-order valence-electron chi connectivity index (χ3n) is 7.24. The van der Waals surface area contributed by atoms with Crippen LogP contribution >= 0.6 is 0 Å². The van der Waals surface area contributed by atoms with Crippen LogP contribution < -0.4 is 0 Å². The Hall–Kier alpha value is -4.70. The van der Waals surface area contributed by atoms with Gasteiger partial charge in [0, 0.05) is 46.6 Å². The molecule has 7 rings (SSSR count). The fraction of sp³-hybridized carbons (Fsp3) is 0.143. The highest BCUT2D eigenvalue weighted by Gasteiger charge is 2.35. The minimum Gasteiger partial charge on any atom is -0.277 e. The highest BCUT2D eigenvalue weighted by molar-refractivity contribution is 7.59. The molecule has 0 unspecified atom stereocenters. The summed E-state index contributed by atoms with van der Waals surface area (Å²) in [6.07, 6.45) is 0. The van der Waals surface area contributed by atoms with Crippen molar-refractivity contribution in [1.29, 1.82) is 0 Å². The Balaban J connectivity index is 0.000000552. The fourth-order valence-corrected chi connectivity index (χ4v) is 5.73. The predicted octanol–water partition coefficient (Wildman–Crippen LogP) is 4.21. The van der Waals surface area contributed by atoms with E-state index in [1.807, 2.05) is 24.3 Å². The lowest BCUT2D eigenvalue weighted by molar-refractivity contribution is 0.0613. The number of fused-ring (bicyclic) bond motifs is 2. The van der Waals surface area contributed by atoms with E-state index in [1.165, 1.54) is 11.9 Å². The summed E-state index contributed by atoms with van der Waals surface area (Å²) in [5.74, 6) is -1.20. The van der Waals surface area contributed by atoms with Crippen LogP contribution in [0.1, 0.15) is 55.8 Å². The summed E-state index contributed by atoms with van der Waals surface area (Å²) in [5.41, 5.74) is 2.05. The first-order chi connectivity index (χ1) is 17.7. The maximum atomic E-state index is 13.1. The molecule has 2 aliphatic rings. The molecule has 38 heavy (non-hydrogen) atoms. The van der Waals surface area contributed by atoms with Crippen LogP contribution in [0.4, 0.5) is 0 Å². The Morgan fingerprint density at radius 3 is 1.13 bits per heavy atom. The van der Waals surface area contributed by atoms with Crippen molar-refractivity contribution in [2.45, 2.75) is 14.4 Å². The van der Waals surface area contributed by atoms with E-state index >= 15 is 0 Å². The van der Waals surface area contributed by atoms with Crippen LogP contribution in [0.5, 0.6) is 0 Å². The molecule has 10 heteroatoms. The summed E-state index contributed by atoms with van der Waals surface area (Å²) < 4.78 is 25.3. The van der Waals surface area contributed by atoms with E-state index < -0.39 is 10.6 Å². The summed E-state index contributed by atoms with van der Waals surface area (Å²) in [6, 6.07) is 14.8. The van der Waals surface area contributed by atoms with Crippen molar-refractivity contribution < 1.29 is 31.8 Å². The standard InChI is InChI=1S/C27H16N2O4.CH4.O3S/c1-3-29-26(32)18-10-6-14-12-4-8-16-22-17(25(31)28(2)24(16)30)9-5-13(20(12)22)15-7-11-19(27(29)33)23(18)21(14)15;;1-4(2)3/h4-11H,3H2,1-2H3;1H4;. The second-order valence-electron chi connectivity index (χ2n) is 8.87. The molecule has 5 aromatic carbocycles. The minimum absolute atomic E-state index is 0. The van der Waals surface area contributed by atoms with Gasteiger partial charge in [-0.2, -0.15) is 0 Å². The smallest absolute Gasteiger partial charge is 0.277 e. The number of nitrogens with zero attached hydrogens (tertiary/aromatic N) is 2. The van der Waals surface area contributed by atoms with Crippen LogP contribution in [-0.4, -0.2) is 59.6 Å². The number of rotatable bonds is 1. The molecule has 5 aromatic rings. The van der Waals surface area contributed by atoms with Gasteiger partial charge in [0.15, 0.2) is 0 Å². The van der Waals surface area contributed by atoms with Crippen LogP contribution in [0, 0.1) is 0 Å². The molecular formula is C28H20N2O7S. The number of imide groups is 2. The minimum atomic E-state index is -3.11. The predicted molar refractivity (Wildman–Crippen MR) is 142 cm³/mol. The molecule has 0 bridgehead atoms. The Bertz CT molecular complexity index is 1900. The zero-order chi connectivity index (χ0) is 26.3. The van der Waals surface area contributed by atoms with Crippen molar-refractivity contribution in [3.05, 3.63) is 70.8 Å². The van der Waals surface area contributed by atoms with E-state index in [0.29, 0.717) is 39.6 Å². The number of carbonyl (C=O) groups is 4. The normalized spacial score (nSPS) is 14.4. The second kappa shape index (κ2) is 8.42. The number of amides is 4. The molecule has 9 nitrogen and oxygen atoms in total. The molecule has 0 radical (unpaired) electrons. The molecule has 0 N–H and O–H groups in total. The highest BCUT2D eigenvalue weighted by Crippen LogP contribution is 2.45. The fourth-order valence-electron chi connectivity index (χ4n) is 5.73.